The van der Waals surface area contributed by atoms with Crippen molar-refractivity contribution in [2.45, 2.75) is 46.2 Å². The van der Waals surface area contributed by atoms with Gasteiger partial charge in [0.05, 0.1) is 43.5 Å². The number of halogens is 1. The van der Waals surface area contributed by atoms with E-state index >= 15 is 0 Å². The number of thiophene rings is 1. The van der Waals surface area contributed by atoms with E-state index < -0.39 is 28.6 Å². The number of hydrogen-bond acceptors (Lipinski definition) is 9. The van der Waals surface area contributed by atoms with Crippen molar-refractivity contribution in [3.63, 3.8) is 0 Å². The molecule has 12 nitrogen and oxygen atoms in total. The monoisotopic (exact) mass is 572 g/mol. The second-order valence-corrected chi connectivity index (χ2v) is 10.4. The lowest BCUT2D eigenvalue weighted by Gasteiger charge is -2.23. The van der Waals surface area contributed by atoms with E-state index in [2.05, 4.69) is 10.2 Å². The predicted octanol–water partition coefficient (Wildman–Crippen LogP) is 2.46. The van der Waals surface area contributed by atoms with Crippen LogP contribution in [0.4, 0.5) is 4.39 Å². The number of ether oxygens (including phenoxy) is 1. The highest BCUT2D eigenvalue weighted by atomic mass is 32.1. The molecular formula is C26H29FN6O6S. The van der Waals surface area contributed by atoms with Crippen molar-refractivity contribution in [3.8, 4) is 16.8 Å². The minimum absolute atomic E-state index is 0.0312. The van der Waals surface area contributed by atoms with Crippen molar-refractivity contribution in [1.82, 2.24) is 24.1 Å². The molecule has 0 bridgehead atoms. The maximum absolute atomic E-state index is 13.9. The van der Waals surface area contributed by atoms with Gasteiger partial charge in [0.15, 0.2) is 0 Å². The number of fused-ring (bicyclic) bond motifs is 1. The molecule has 3 heterocycles. The first-order valence-electron chi connectivity index (χ1n) is 12.1. The molecule has 0 aliphatic heterocycles. The SMILES string of the molecule is CC(C#N)CO.COc1ccc(F)cc1CCn1c(=O)n(C(C)(C)C(=O)O)c(=O)c2c(C)c(-n3nccn3)sc21. The zero-order valence-corrected chi connectivity index (χ0v) is 23.4. The minimum atomic E-state index is -1.81. The van der Waals surface area contributed by atoms with Crippen molar-refractivity contribution < 1.29 is 24.1 Å². The molecule has 3 aromatic heterocycles. The number of aromatic nitrogens is 5. The van der Waals surface area contributed by atoms with Crippen molar-refractivity contribution >= 4 is 27.5 Å². The highest BCUT2D eigenvalue weighted by Gasteiger charge is 2.35. The topological polar surface area (TPSA) is 165 Å². The Hall–Kier alpha value is -4.35. The van der Waals surface area contributed by atoms with Crippen LogP contribution in [0, 0.1) is 30.0 Å². The molecule has 2 N–H and O–H groups in total. The summed E-state index contributed by atoms with van der Waals surface area (Å²) in [6.45, 7) is 5.97. The number of nitrogens with zero attached hydrogens (tertiary/aromatic N) is 6. The summed E-state index contributed by atoms with van der Waals surface area (Å²) in [5.74, 6) is -1.53. The molecule has 0 radical (unpaired) electrons. The molecule has 0 fully saturated rings. The Bertz CT molecular complexity index is 1680. The van der Waals surface area contributed by atoms with Crippen LogP contribution in [-0.2, 0) is 23.3 Å². The maximum atomic E-state index is 13.9. The Morgan fingerprint density at radius 2 is 1.93 bits per heavy atom. The first-order valence-corrected chi connectivity index (χ1v) is 12.9. The number of aryl methyl sites for hydroxylation is 3. The number of carboxylic acids is 1. The number of rotatable bonds is 8. The van der Waals surface area contributed by atoms with E-state index in [0.29, 0.717) is 26.7 Å². The first-order chi connectivity index (χ1) is 18.9. The van der Waals surface area contributed by atoms with E-state index in [9.17, 15) is 23.9 Å². The number of hydrogen-bond donors (Lipinski definition) is 2. The van der Waals surface area contributed by atoms with E-state index in [4.69, 9.17) is 15.1 Å². The summed E-state index contributed by atoms with van der Waals surface area (Å²) in [4.78, 5) is 40.6. The third-order valence-electron chi connectivity index (χ3n) is 6.21. The van der Waals surface area contributed by atoms with Crippen molar-refractivity contribution in [2.75, 3.05) is 13.7 Å². The average molecular weight is 573 g/mol. The lowest BCUT2D eigenvalue weighted by Crippen LogP contribution is -2.52. The highest BCUT2D eigenvalue weighted by Crippen LogP contribution is 2.31. The standard InChI is InChI=1S/C22H22FN5O5S.C4H7NO/c1-12-16-17(29)27(22(2,3)20(30)31)21(32)26(19(16)34-18(12)28-24-8-9-25-28)10-7-13-11-14(23)5-6-15(13)33-4;1-4(2-5)3-6/h5-6,8-9,11H,7,10H2,1-4H3,(H,30,31);4,6H,3H2,1H3. The summed E-state index contributed by atoms with van der Waals surface area (Å²) >= 11 is 1.15. The fraction of sp³-hybridized carbons (Fsp3) is 0.385. The summed E-state index contributed by atoms with van der Waals surface area (Å²) in [5.41, 5.74) is -2.24. The summed E-state index contributed by atoms with van der Waals surface area (Å²) in [6, 6.07) is 5.95. The normalized spacial score (nSPS) is 11.9. The van der Waals surface area contributed by atoms with Gasteiger partial charge in [-0.1, -0.05) is 11.3 Å². The van der Waals surface area contributed by atoms with Gasteiger partial charge in [0.1, 0.15) is 26.9 Å². The molecule has 0 amide bonds. The molecule has 212 valence electrons. The second-order valence-electron chi connectivity index (χ2n) is 9.39. The van der Waals surface area contributed by atoms with E-state index in [1.807, 2.05) is 6.07 Å². The molecule has 1 aromatic carbocycles. The Morgan fingerprint density at radius 3 is 2.45 bits per heavy atom. The minimum Gasteiger partial charge on any atom is -0.496 e. The number of benzene rings is 1. The zero-order valence-electron chi connectivity index (χ0n) is 22.6. The van der Waals surface area contributed by atoms with Crippen LogP contribution in [0.25, 0.3) is 15.2 Å². The van der Waals surface area contributed by atoms with Gasteiger partial charge >= 0.3 is 11.7 Å². The highest BCUT2D eigenvalue weighted by molar-refractivity contribution is 7.21. The molecule has 0 spiro atoms. The predicted molar refractivity (Wildman–Crippen MR) is 145 cm³/mol. The molecule has 14 heteroatoms. The Kier molecular flexibility index (Phi) is 9.23. The van der Waals surface area contributed by atoms with E-state index in [0.717, 1.165) is 15.9 Å². The van der Waals surface area contributed by atoms with E-state index in [1.165, 1.54) is 60.9 Å². The average Bonchev–Trinajstić information content (AvgIpc) is 3.56. The number of aliphatic hydroxyl groups is 1. The number of carbonyl (C=O) groups is 1. The van der Waals surface area contributed by atoms with Crippen molar-refractivity contribution in [2.24, 2.45) is 5.92 Å². The number of aliphatic hydroxyl groups excluding tert-OH is 1. The Balaban J connectivity index is 0.000000663. The fourth-order valence-corrected chi connectivity index (χ4v) is 5.08. The fourth-order valence-electron chi connectivity index (χ4n) is 3.85. The third-order valence-corrected chi connectivity index (χ3v) is 7.49. The molecule has 0 saturated heterocycles. The van der Waals surface area contributed by atoms with Crippen molar-refractivity contribution in [3.05, 3.63) is 68.4 Å². The zero-order chi connectivity index (χ0) is 29.8. The van der Waals surface area contributed by atoms with Crippen LogP contribution in [0.2, 0.25) is 0 Å². The summed E-state index contributed by atoms with van der Waals surface area (Å²) in [6.07, 6.45) is 3.17. The lowest BCUT2D eigenvalue weighted by molar-refractivity contribution is -0.146. The molecule has 4 rings (SSSR count). The first kappa shape index (κ1) is 30.2. The summed E-state index contributed by atoms with van der Waals surface area (Å²) in [5, 5.41) is 34.8. The molecule has 0 aliphatic rings. The van der Waals surface area contributed by atoms with Gasteiger partial charge in [0, 0.05) is 12.1 Å². The Labute approximate surface area is 232 Å². The van der Waals surface area contributed by atoms with Gasteiger partial charge in [-0.25, -0.2) is 18.5 Å². The summed E-state index contributed by atoms with van der Waals surface area (Å²) in [7, 11) is 1.46. The number of aliphatic carboxylic acids is 1. The number of methoxy groups -OCH3 is 1. The molecule has 0 saturated carbocycles. The van der Waals surface area contributed by atoms with Gasteiger partial charge in [0.25, 0.3) is 5.56 Å². The molecule has 0 aliphatic carbocycles. The molecule has 4 aromatic rings. The van der Waals surface area contributed by atoms with Gasteiger partial charge < -0.3 is 14.9 Å². The van der Waals surface area contributed by atoms with Crippen LogP contribution in [-0.4, -0.2) is 54.0 Å². The van der Waals surface area contributed by atoms with Crippen LogP contribution in [0.3, 0.4) is 0 Å². The smallest absolute Gasteiger partial charge is 0.333 e. The van der Waals surface area contributed by atoms with Gasteiger partial charge in [-0.2, -0.15) is 15.5 Å². The largest absolute Gasteiger partial charge is 0.496 e. The summed E-state index contributed by atoms with van der Waals surface area (Å²) < 4.78 is 21.3. The molecule has 1 unspecified atom stereocenters. The van der Waals surface area contributed by atoms with Crippen LogP contribution >= 0.6 is 11.3 Å². The van der Waals surface area contributed by atoms with Gasteiger partial charge in [-0.05, 0) is 57.9 Å². The third kappa shape index (κ3) is 5.80. The number of nitriles is 1. The number of carboxylic acid groups (broad SMARTS) is 1. The van der Waals surface area contributed by atoms with Crippen LogP contribution in [0.1, 0.15) is 31.9 Å². The van der Waals surface area contributed by atoms with Crippen LogP contribution in [0.15, 0.2) is 40.2 Å². The maximum Gasteiger partial charge on any atom is 0.333 e. The van der Waals surface area contributed by atoms with Gasteiger partial charge in [0.2, 0.25) is 0 Å². The van der Waals surface area contributed by atoms with Crippen LogP contribution in [0.5, 0.6) is 5.75 Å². The Morgan fingerprint density at radius 1 is 1.27 bits per heavy atom. The quantitative estimate of drug-likeness (QED) is 0.323. The van der Waals surface area contributed by atoms with E-state index in [-0.39, 0.29) is 30.9 Å². The van der Waals surface area contributed by atoms with Gasteiger partial charge in [-0.15, -0.1) is 4.80 Å². The van der Waals surface area contributed by atoms with E-state index in [1.54, 1.807) is 13.8 Å². The van der Waals surface area contributed by atoms with Gasteiger partial charge in [-0.3, -0.25) is 9.36 Å². The van der Waals surface area contributed by atoms with Crippen molar-refractivity contribution in [1.29, 1.82) is 5.26 Å². The van der Waals surface area contributed by atoms with Crippen LogP contribution < -0.4 is 16.0 Å². The molecule has 40 heavy (non-hydrogen) atoms. The molecule has 1 atom stereocenters. The lowest BCUT2D eigenvalue weighted by atomic mass is 10.1. The second kappa shape index (κ2) is 12.2. The molecular weight excluding hydrogens is 543 g/mol.